The van der Waals surface area contributed by atoms with Gasteiger partial charge in [-0.05, 0) is 37.8 Å². The van der Waals surface area contributed by atoms with Crippen LogP contribution < -0.4 is 10.5 Å². The average molecular weight is 313 g/mol. The first-order valence-corrected chi connectivity index (χ1v) is 7.38. The molecule has 4 nitrogen and oxygen atoms in total. The Morgan fingerprint density at radius 2 is 2.19 bits per heavy atom. The maximum atomic E-state index is 12.0. The maximum absolute atomic E-state index is 12.0. The van der Waals surface area contributed by atoms with Crippen molar-refractivity contribution in [3.63, 3.8) is 0 Å². The monoisotopic (exact) mass is 312 g/mol. The molecule has 1 fully saturated rings. The van der Waals surface area contributed by atoms with Gasteiger partial charge in [-0.3, -0.25) is 4.79 Å². The van der Waals surface area contributed by atoms with Gasteiger partial charge in [0.1, 0.15) is 5.75 Å². The van der Waals surface area contributed by atoms with Gasteiger partial charge in [0.05, 0.1) is 6.61 Å². The van der Waals surface area contributed by atoms with Gasteiger partial charge in [0, 0.05) is 25.6 Å². The lowest BCUT2D eigenvalue weighted by molar-refractivity contribution is -0.132. The van der Waals surface area contributed by atoms with Gasteiger partial charge in [0.2, 0.25) is 5.91 Å². The molecule has 118 valence electrons. The van der Waals surface area contributed by atoms with Gasteiger partial charge in [0.15, 0.2) is 0 Å². The minimum atomic E-state index is 0. The molecule has 1 unspecified atom stereocenters. The highest BCUT2D eigenvalue weighted by atomic mass is 35.5. The Morgan fingerprint density at radius 1 is 1.43 bits per heavy atom. The van der Waals surface area contributed by atoms with E-state index < -0.39 is 0 Å². The van der Waals surface area contributed by atoms with Crippen LogP contribution in [0.15, 0.2) is 24.3 Å². The summed E-state index contributed by atoms with van der Waals surface area (Å²) in [5, 5.41) is 0. The summed E-state index contributed by atoms with van der Waals surface area (Å²) in [6.07, 6.45) is 3.34. The summed E-state index contributed by atoms with van der Waals surface area (Å²) in [7, 11) is 0. The molecule has 2 N–H and O–H groups in total. The second kappa shape index (κ2) is 8.90. The van der Waals surface area contributed by atoms with Crippen LogP contribution in [0.5, 0.6) is 5.75 Å². The second-order valence-corrected chi connectivity index (χ2v) is 5.46. The molecule has 1 aliphatic heterocycles. The second-order valence-electron chi connectivity index (χ2n) is 5.46. The van der Waals surface area contributed by atoms with Crippen molar-refractivity contribution in [1.29, 1.82) is 0 Å². The maximum Gasteiger partial charge on any atom is 0.222 e. The summed E-state index contributed by atoms with van der Waals surface area (Å²) in [5.74, 6) is 1.11. The largest absolute Gasteiger partial charge is 0.493 e. The van der Waals surface area contributed by atoms with E-state index in [1.54, 1.807) is 0 Å². The number of piperidine rings is 1. The molecule has 1 amide bonds. The molecule has 1 aromatic carbocycles. The third-order valence-electron chi connectivity index (χ3n) is 3.70. The first kappa shape index (κ1) is 17.8. The quantitative estimate of drug-likeness (QED) is 0.850. The van der Waals surface area contributed by atoms with Crippen molar-refractivity contribution >= 4 is 18.3 Å². The number of para-hydroxylation sites is 1. The number of hydrogen-bond acceptors (Lipinski definition) is 3. The Morgan fingerprint density at radius 3 is 2.90 bits per heavy atom. The molecule has 0 bridgehead atoms. The Hall–Kier alpha value is -1.26. The molecule has 1 atom stereocenters. The number of nitrogens with zero attached hydrogens (tertiary/aromatic N) is 1. The molecular weight excluding hydrogens is 288 g/mol. The summed E-state index contributed by atoms with van der Waals surface area (Å²) in [6, 6.07) is 8.08. The Bertz CT molecular complexity index is 454. The van der Waals surface area contributed by atoms with Crippen molar-refractivity contribution in [2.24, 2.45) is 5.73 Å². The van der Waals surface area contributed by atoms with E-state index in [1.165, 1.54) is 0 Å². The number of halogens is 1. The number of likely N-dealkylation sites (tertiary alicyclic amines) is 1. The zero-order valence-corrected chi connectivity index (χ0v) is 13.4. The number of hydrogen-bond donors (Lipinski definition) is 1. The molecule has 0 spiro atoms. The van der Waals surface area contributed by atoms with Crippen LogP contribution in [0.3, 0.4) is 0 Å². The molecule has 1 heterocycles. The topological polar surface area (TPSA) is 55.6 Å². The summed E-state index contributed by atoms with van der Waals surface area (Å²) in [5.41, 5.74) is 7.02. The minimum absolute atomic E-state index is 0. The van der Waals surface area contributed by atoms with Gasteiger partial charge in [-0.1, -0.05) is 18.2 Å². The first-order valence-electron chi connectivity index (χ1n) is 7.38. The molecule has 21 heavy (non-hydrogen) atoms. The number of nitrogens with two attached hydrogens (primary N) is 1. The van der Waals surface area contributed by atoms with E-state index in [0.717, 1.165) is 37.1 Å². The van der Waals surface area contributed by atoms with E-state index in [-0.39, 0.29) is 24.4 Å². The van der Waals surface area contributed by atoms with Crippen molar-refractivity contribution < 1.29 is 9.53 Å². The Kier molecular flexibility index (Phi) is 7.54. The average Bonchev–Trinajstić information content (AvgIpc) is 2.45. The van der Waals surface area contributed by atoms with Gasteiger partial charge < -0.3 is 15.4 Å². The number of rotatable bonds is 5. The lowest BCUT2D eigenvalue weighted by Crippen LogP contribution is -2.45. The summed E-state index contributed by atoms with van der Waals surface area (Å²) < 4.78 is 5.70. The third-order valence-corrected chi connectivity index (χ3v) is 3.70. The molecular formula is C16H25ClN2O2. The van der Waals surface area contributed by atoms with Crippen LogP contribution in [-0.4, -0.2) is 36.5 Å². The Balaban J connectivity index is 0.00000220. The van der Waals surface area contributed by atoms with Crippen LogP contribution in [-0.2, 0) is 4.79 Å². The van der Waals surface area contributed by atoms with E-state index in [9.17, 15) is 4.79 Å². The van der Waals surface area contributed by atoms with Crippen molar-refractivity contribution in [1.82, 2.24) is 4.90 Å². The fraction of sp³-hybridized carbons (Fsp3) is 0.562. The van der Waals surface area contributed by atoms with E-state index >= 15 is 0 Å². The highest BCUT2D eigenvalue weighted by Gasteiger charge is 2.20. The molecule has 0 aliphatic carbocycles. The standard InChI is InChI=1S/C16H24N2O2.ClH/c1-13-6-2-3-8-15(13)20-11-5-9-16(19)18-10-4-7-14(17)12-18;/h2-3,6,8,14H,4-5,7,9-12,17H2,1H3;1H. The van der Waals surface area contributed by atoms with Gasteiger partial charge in [-0.2, -0.15) is 0 Å². The number of carbonyl (C=O) groups is 1. The molecule has 0 aromatic heterocycles. The van der Waals surface area contributed by atoms with E-state index in [0.29, 0.717) is 19.6 Å². The third kappa shape index (κ3) is 5.56. The number of benzene rings is 1. The molecule has 1 aromatic rings. The van der Waals surface area contributed by atoms with E-state index in [1.807, 2.05) is 36.1 Å². The molecule has 2 rings (SSSR count). The van der Waals surface area contributed by atoms with Crippen LogP contribution in [0, 0.1) is 6.92 Å². The zero-order chi connectivity index (χ0) is 14.4. The van der Waals surface area contributed by atoms with Crippen molar-refractivity contribution in [2.75, 3.05) is 19.7 Å². The van der Waals surface area contributed by atoms with Crippen LogP contribution in [0.2, 0.25) is 0 Å². The van der Waals surface area contributed by atoms with Gasteiger partial charge in [0.25, 0.3) is 0 Å². The van der Waals surface area contributed by atoms with E-state index in [4.69, 9.17) is 10.5 Å². The lowest BCUT2D eigenvalue weighted by atomic mass is 10.1. The fourth-order valence-electron chi connectivity index (χ4n) is 2.52. The number of aryl methyl sites for hydroxylation is 1. The van der Waals surface area contributed by atoms with Crippen LogP contribution in [0.1, 0.15) is 31.2 Å². The molecule has 1 saturated heterocycles. The van der Waals surface area contributed by atoms with Crippen molar-refractivity contribution in [3.05, 3.63) is 29.8 Å². The molecule has 0 radical (unpaired) electrons. The van der Waals surface area contributed by atoms with Crippen molar-refractivity contribution in [2.45, 2.75) is 38.6 Å². The fourth-order valence-corrected chi connectivity index (χ4v) is 2.52. The summed E-state index contributed by atoms with van der Waals surface area (Å²) >= 11 is 0. The van der Waals surface area contributed by atoms with Crippen LogP contribution in [0.25, 0.3) is 0 Å². The first-order chi connectivity index (χ1) is 9.66. The zero-order valence-electron chi connectivity index (χ0n) is 12.6. The highest BCUT2D eigenvalue weighted by Crippen LogP contribution is 2.16. The summed E-state index contributed by atoms with van der Waals surface area (Å²) in [4.78, 5) is 13.9. The van der Waals surface area contributed by atoms with Crippen LogP contribution in [0.4, 0.5) is 0 Å². The number of ether oxygens (including phenoxy) is 1. The number of amides is 1. The van der Waals surface area contributed by atoms with Gasteiger partial charge >= 0.3 is 0 Å². The highest BCUT2D eigenvalue weighted by molar-refractivity contribution is 5.85. The smallest absolute Gasteiger partial charge is 0.222 e. The predicted octanol–water partition coefficient (Wildman–Crippen LogP) is 2.53. The number of carbonyl (C=O) groups excluding carboxylic acids is 1. The van der Waals surface area contributed by atoms with Crippen LogP contribution >= 0.6 is 12.4 Å². The van der Waals surface area contributed by atoms with E-state index in [2.05, 4.69) is 0 Å². The van der Waals surface area contributed by atoms with Gasteiger partial charge in [-0.15, -0.1) is 12.4 Å². The minimum Gasteiger partial charge on any atom is -0.493 e. The normalized spacial score (nSPS) is 18.0. The molecule has 0 saturated carbocycles. The SMILES string of the molecule is Cc1ccccc1OCCCC(=O)N1CCCC(N)C1.Cl. The van der Waals surface area contributed by atoms with Crippen molar-refractivity contribution in [3.8, 4) is 5.75 Å². The summed E-state index contributed by atoms with van der Waals surface area (Å²) in [6.45, 7) is 4.16. The predicted molar refractivity (Wildman–Crippen MR) is 86.9 cm³/mol. The Labute approximate surface area is 133 Å². The van der Waals surface area contributed by atoms with Gasteiger partial charge in [-0.25, -0.2) is 0 Å². The molecule has 5 heteroatoms. The molecule has 1 aliphatic rings. The lowest BCUT2D eigenvalue weighted by Gasteiger charge is -2.30.